The van der Waals surface area contributed by atoms with Gasteiger partial charge in [0.05, 0.1) is 0 Å². The van der Waals surface area contributed by atoms with Gasteiger partial charge in [0.1, 0.15) is 0 Å². The van der Waals surface area contributed by atoms with Crippen molar-refractivity contribution in [1.29, 1.82) is 0 Å². The first-order valence-electron chi connectivity index (χ1n) is 8.85. The van der Waals surface area contributed by atoms with E-state index >= 15 is 0 Å². The van der Waals surface area contributed by atoms with Crippen LogP contribution in [0.3, 0.4) is 0 Å². The average molecular weight is 438 g/mol. The van der Waals surface area contributed by atoms with E-state index in [-0.39, 0.29) is 21.1 Å². The third kappa shape index (κ3) is 4.86. The summed E-state index contributed by atoms with van der Waals surface area (Å²) in [7, 11) is 3.59. The fraction of sp³-hybridized carbons (Fsp3) is 0.455. The molecule has 0 aliphatic carbocycles. The molecule has 0 aliphatic rings. The average Bonchev–Trinajstić information content (AvgIpc) is 2.62. The molecule has 0 radical (unpaired) electrons. The van der Waals surface area contributed by atoms with Gasteiger partial charge in [-0.3, -0.25) is 0 Å². The molecule has 0 saturated heterocycles. The zero-order valence-corrected chi connectivity index (χ0v) is 19.4. The van der Waals surface area contributed by atoms with Gasteiger partial charge >= 0.3 is 169 Å². The van der Waals surface area contributed by atoms with Gasteiger partial charge in [0.15, 0.2) is 0 Å². The number of benzene rings is 2. The van der Waals surface area contributed by atoms with Crippen molar-refractivity contribution in [3.63, 3.8) is 0 Å². The van der Waals surface area contributed by atoms with Crippen molar-refractivity contribution >= 4 is 31.2 Å². The minimum absolute atomic E-state index is 0.123. The van der Waals surface area contributed by atoms with Crippen LogP contribution < -0.4 is 9.20 Å². The summed E-state index contributed by atoms with van der Waals surface area (Å²) in [6.07, 6.45) is 2.29. The summed E-state index contributed by atoms with van der Waals surface area (Å²) >= 11 is 2.15. The Bertz CT molecular complexity index is 722. The topological polar surface area (TPSA) is 18.5 Å². The summed E-state index contributed by atoms with van der Waals surface area (Å²) in [6.45, 7) is 8.80. The first-order chi connectivity index (χ1) is 12.4. The second-order valence-electron chi connectivity index (χ2n) is 6.60. The number of hydrogen-bond acceptors (Lipinski definition) is 3. The molecule has 0 saturated carbocycles. The van der Waals surface area contributed by atoms with Crippen LogP contribution in [0.15, 0.2) is 30.3 Å². The molecule has 0 aliphatic heterocycles. The number of ether oxygens (including phenoxy) is 2. The van der Waals surface area contributed by atoms with E-state index in [1.54, 1.807) is 7.11 Å². The van der Waals surface area contributed by atoms with Crippen LogP contribution in [0, 0.1) is 20.8 Å². The van der Waals surface area contributed by atoms with Gasteiger partial charge in [0.25, 0.3) is 0 Å². The predicted octanol–water partition coefficient (Wildman–Crippen LogP) is 5.18. The summed E-state index contributed by atoms with van der Waals surface area (Å²) in [5, 5.41) is 1.47. The molecule has 2 nitrogen and oxygen atoms in total. The molecule has 2 rings (SSSR count). The van der Waals surface area contributed by atoms with Crippen LogP contribution in [-0.4, -0.2) is 35.4 Å². The summed E-state index contributed by atoms with van der Waals surface area (Å²) in [5.74, 6) is 1.01. The van der Waals surface area contributed by atoms with E-state index in [1.807, 2.05) is 18.9 Å². The van der Waals surface area contributed by atoms with Crippen LogP contribution in [0.5, 0.6) is 5.75 Å². The van der Waals surface area contributed by atoms with E-state index in [0.29, 0.717) is 5.25 Å². The van der Waals surface area contributed by atoms with Crippen molar-refractivity contribution in [3.05, 3.63) is 58.1 Å². The number of aryl methyl sites for hydroxylation is 3. The van der Waals surface area contributed by atoms with Gasteiger partial charge in [0.2, 0.25) is 0 Å². The maximum absolute atomic E-state index is 5.93. The Labute approximate surface area is 169 Å². The van der Waals surface area contributed by atoms with E-state index in [4.69, 9.17) is 9.47 Å². The molecule has 0 fully saturated rings. The van der Waals surface area contributed by atoms with Crippen LogP contribution in [0.25, 0.3) is 0 Å². The third-order valence-electron chi connectivity index (χ3n) is 4.74. The Morgan fingerprint density at radius 3 is 2.27 bits per heavy atom. The van der Waals surface area contributed by atoms with Crippen molar-refractivity contribution in [2.45, 2.75) is 44.4 Å². The molecular weight excluding hydrogens is 407 g/mol. The van der Waals surface area contributed by atoms with E-state index in [9.17, 15) is 0 Å². The van der Waals surface area contributed by atoms with Gasteiger partial charge in [-0.1, -0.05) is 0 Å². The van der Waals surface area contributed by atoms with Gasteiger partial charge in [-0.15, -0.1) is 0 Å². The SMILES string of the molecule is COc1cccc([C@H](C)SC)c1[Se]C[C@H](OC)c1c(C)cc(C)cc1C. The van der Waals surface area contributed by atoms with Gasteiger partial charge in [0, 0.05) is 0 Å². The molecule has 0 N–H and O–H groups in total. The molecular formula is C22H30O2SSe. The zero-order valence-electron chi connectivity index (χ0n) is 16.9. The van der Waals surface area contributed by atoms with E-state index < -0.39 is 0 Å². The quantitative estimate of drug-likeness (QED) is 0.530. The van der Waals surface area contributed by atoms with Crippen molar-refractivity contribution < 1.29 is 9.47 Å². The molecule has 142 valence electrons. The van der Waals surface area contributed by atoms with Gasteiger partial charge < -0.3 is 0 Å². The molecule has 2 atom stereocenters. The van der Waals surface area contributed by atoms with Crippen LogP contribution in [0.2, 0.25) is 5.32 Å². The van der Waals surface area contributed by atoms with Crippen LogP contribution in [0.4, 0.5) is 0 Å². The second-order valence-corrected chi connectivity index (χ2v) is 9.94. The monoisotopic (exact) mass is 438 g/mol. The fourth-order valence-electron chi connectivity index (χ4n) is 3.42. The van der Waals surface area contributed by atoms with E-state index in [0.717, 1.165) is 11.1 Å². The normalized spacial score (nSPS) is 13.5. The molecule has 0 spiro atoms. The molecule has 2 aromatic carbocycles. The zero-order chi connectivity index (χ0) is 19.3. The molecule has 4 heteroatoms. The van der Waals surface area contributed by atoms with Gasteiger partial charge in [-0.05, 0) is 0 Å². The summed E-state index contributed by atoms with van der Waals surface area (Å²) in [4.78, 5) is 0. The Hall–Kier alpha value is -0.931. The predicted molar refractivity (Wildman–Crippen MR) is 116 cm³/mol. The van der Waals surface area contributed by atoms with Crippen LogP contribution >= 0.6 is 11.8 Å². The van der Waals surface area contributed by atoms with E-state index in [1.165, 1.54) is 32.3 Å². The molecule has 0 bridgehead atoms. The van der Waals surface area contributed by atoms with Crippen molar-refractivity contribution in [2.75, 3.05) is 20.5 Å². The molecule has 0 amide bonds. The number of thioether (sulfide) groups is 1. The molecule has 0 unspecified atom stereocenters. The first kappa shape index (κ1) is 21.4. The van der Waals surface area contributed by atoms with Crippen molar-refractivity contribution in [3.8, 4) is 5.75 Å². The van der Waals surface area contributed by atoms with Crippen molar-refractivity contribution in [1.82, 2.24) is 0 Å². The Kier molecular flexibility index (Phi) is 8.09. The summed E-state index contributed by atoms with van der Waals surface area (Å²) in [5.41, 5.74) is 6.69. The van der Waals surface area contributed by atoms with Gasteiger partial charge in [-0.25, -0.2) is 0 Å². The molecule has 0 aromatic heterocycles. The maximum atomic E-state index is 5.93. The molecule has 2 aromatic rings. The second kappa shape index (κ2) is 9.85. The standard InChI is InChI=1S/C22H30O2SSe/c1-14-11-15(2)21(16(3)12-14)20(24-6)13-26-22-18(17(4)25-7)9-8-10-19(22)23-5/h8-12,17,20H,13H2,1-7H3/t17-,20-/m0/s1. The Morgan fingerprint density at radius 2 is 1.73 bits per heavy atom. The Morgan fingerprint density at radius 1 is 1.08 bits per heavy atom. The molecule has 26 heavy (non-hydrogen) atoms. The number of hydrogen-bond donors (Lipinski definition) is 0. The van der Waals surface area contributed by atoms with Gasteiger partial charge in [-0.2, -0.15) is 0 Å². The summed E-state index contributed by atoms with van der Waals surface area (Å²) in [6, 6.07) is 10.9. The molecule has 0 heterocycles. The van der Waals surface area contributed by atoms with Crippen molar-refractivity contribution in [2.24, 2.45) is 0 Å². The minimum atomic E-state index is 0.123. The number of methoxy groups -OCH3 is 2. The number of rotatable bonds is 8. The first-order valence-corrected chi connectivity index (χ1v) is 12.2. The Balaban J connectivity index is 2.32. The fourth-order valence-corrected chi connectivity index (χ4v) is 6.82. The van der Waals surface area contributed by atoms with E-state index in [2.05, 4.69) is 64.3 Å². The van der Waals surface area contributed by atoms with Crippen LogP contribution in [0.1, 0.15) is 46.1 Å². The summed E-state index contributed by atoms with van der Waals surface area (Å²) < 4.78 is 13.0. The third-order valence-corrected chi connectivity index (χ3v) is 8.21. The van der Waals surface area contributed by atoms with Crippen LogP contribution in [-0.2, 0) is 4.74 Å².